The molecule has 29 heavy (non-hydrogen) atoms. The predicted octanol–water partition coefficient (Wildman–Crippen LogP) is 5.86. The van der Waals surface area contributed by atoms with Gasteiger partial charge in [-0.25, -0.2) is 0 Å². The van der Waals surface area contributed by atoms with Gasteiger partial charge in [0.05, 0.1) is 6.54 Å². The van der Waals surface area contributed by atoms with E-state index >= 15 is 0 Å². The van der Waals surface area contributed by atoms with Gasteiger partial charge in [0.15, 0.2) is 5.82 Å². The van der Waals surface area contributed by atoms with E-state index in [9.17, 15) is 9.59 Å². The zero-order chi connectivity index (χ0) is 21.3. The van der Waals surface area contributed by atoms with Gasteiger partial charge in [0, 0.05) is 19.0 Å². The molecule has 166 valence electrons. The molecule has 1 heterocycles. The molecule has 0 saturated carbocycles. The highest BCUT2D eigenvalue weighted by atomic mass is 16.5. The Balaban J connectivity index is 2.31. The van der Waals surface area contributed by atoms with Crippen LogP contribution in [0.1, 0.15) is 103 Å². The van der Waals surface area contributed by atoms with Crippen LogP contribution in [0.4, 0.5) is 5.82 Å². The minimum atomic E-state index is -0.227. The van der Waals surface area contributed by atoms with Gasteiger partial charge in [-0.15, -0.1) is 0 Å². The lowest BCUT2D eigenvalue weighted by Crippen LogP contribution is -2.38. The molecule has 1 rings (SSSR count). The summed E-state index contributed by atoms with van der Waals surface area (Å²) in [7, 11) is 0. The fourth-order valence-electron chi connectivity index (χ4n) is 3.37. The number of unbranched alkanes of at least 4 members (excludes halogenated alkanes) is 10. The van der Waals surface area contributed by atoms with Crippen molar-refractivity contribution >= 4 is 17.6 Å². The van der Waals surface area contributed by atoms with Crippen molar-refractivity contribution in [3.63, 3.8) is 0 Å². The van der Waals surface area contributed by atoms with E-state index in [0.29, 0.717) is 24.5 Å². The molecular formula is C23H41N3O3. The Kier molecular flexibility index (Phi) is 13.9. The summed E-state index contributed by atoms with van der Waals surface area (Å²) in [5.74, 6) is 0.889. The fraction of sp³-hybridized carbons (Fsp3) is 0.783. The summed E-state index contributed by atoms with van der Waals surface area (Å²) in [5, 5.41) is 6.48. The number of amides is 2. The Morgan fingerprint density at radius 2 is 1.52 bits per heavy atom. The first-order valence-electron chi connectivity index (χ1n) is 11.6. The highest BCUT2D eigenvalue weighted by Crippen LogP contribution is 2.12. The SMILES string of the molecule is CCCCCCCCCCCC(=O)N(CCCCC)CC(=O)Nc1cc(C)on1. The second-order valence-corrected chi connectivity index (χ2v) is 7.97. The van der Waals surface area contributed by atoms with Crippen molar-refractivity contribution in [2.45, 2.75) is 104 Å². The van der Waals surface area contributed by atoms with Gasteiger partial charge < -0.3 is 14.7 Å². The van der Waals surface area contributed by atoms with E-state index in [1.165, 1.54) is 44.9 Å². The topological polar surface area (TPSA) is 75.4 Å². The van der Waals surface area contributed by atoms with Crippen LogP contribution >= 0.6 is 0 Å². The minimum Gasteiger partial charge on any atom is -0.360 e. The van der Waals surface area contributed by atoms with Crippen molar-refractivity contribution in [3.05, 3.63) is 11.8 Å². The zero-order valence-corrected chi connectivity index (χ0v) is 18.8. The van der Waals surface area contributed by atoms with Crippen LogP contribution < -0.4 is 5.32 Å². The molecule has 1 aromatic heterocycles. The Morgan fingerprint density at radius 1 is 0.931 bits per heavy atom. The number of carbonyl (C=O) groups is 2. The summed E-state index contributed by atoms with van der Waals surface area (Å²) < 4.78 is 4.96. The van der Waals surface area contributed by atoms with Crippen molar-refractivity contribution in [1.29, 1.82) is 0 Å². The lowest BCUT2D eigenvalue weighted by atomic mass is 10.1. The number of anilines is 1. The molecule has 0 bridgehead atoms. The first kappa shape index (κ1) is 25.2. The molecule has 0 spiro atoms. The molecule has 0 fully saturated rings. The third-order valence-electron chi connectivity index (χ3n) is 5.11. The van der Waals surface area contributed by atoms with E-state index in [1.54, 1.807) is 17.9 Å². The summed E-state index contributed by atoms with van der Waals surface area (Å²) in [6, 6.07) is 1.67. The molecule has 0 saturated heterocycles. The number of rotatable bonds is 17. The van der Waals surface area contributed by atoms with Gasteiger partial charge in [0.25, 0.3) is 0 Å². The van der Waals surface area contributed by atoms with E-state index in [0.717, 1.165) is 32.1 Å². The van der Waals surface area contributed by atoms with E-state index in [4.69, 9.17) is 4.52 Å². The summed E-state index contributed by atoms with van der Waals surface area (Å²) in [6.45, 7) is 6.85. The van der Waals surface area contributed by atoms with Gasteiger partial charge in [-0.1, -0.05) is 83.2 Å². The van der Waals surface area contributed by atoms with Gasteiger partial charge in [0.1, 0.15) is 5.76 Å². The van der Waals surface area contributed by atoms with Crippen molar-refractivity contribution in [2.75, 3.05) is 18.4 Å². The van der Waals surface area contributed by atoms with Crippen molar-refractivity contribution in [1.82, 2.24) is 10.1 Å². The molecular weight excluding hydrogens is 366 g/mol. The Hall–Kier alpha value is -1.85. The molecule has 0 aliphatic rings. The molecule has 6 heteroatoms. The normalized spacial score (nSPS) is 10.9. The fourth-order valence-corrected chi connectivity index (χ4v) is 3.37. The highest BCUT2D eigenvalue weighted by molar-refractivity contribution is 5.93. The average molecular weight is 408 g/mol. The zero-order valence-electron chi connectivity index (χ0n) is 18.8. The van der Waals surface area contributed by atoms with Crippen LogP contribution in [-0.4, -0.2) is 35.0 Å². The third-order valence-corrected chi connectivity index (χ3v) is 5.11. The first-order chi connectivity index (χ1) is 14.1. The minimum absolute atomic E-state index is 0.0753. The maximum atomic E-state index is 12.6. The van der Waals surface area contributed by atoms with Gasteiger partial charge in [-0.05, 0) is 19.8 Å². The Labute approximate surface area is 176 Å². The van der Waals surface area contributed by atoms with Crippen LogP contribution in [0.25, 0.3) is 0 Å². The van der Waals surface area contributed by atoms with E-state index in [1.807, 2.05) is 0 Å². The van der Waals surface area contributed by atoms with Gasteiger partial charge in [0.2, 0.25) is 11.8 Å². The third kappa shape index (κ3) is 12.3. The predicted molar refractivity (Wildman–Crippen MR) is 118 cm³/mol. The molecule has 0 atom stereocenters. The summed E-state index contributed by atoms with van der Waals surface area (Å²) in [6.07, 6.45) is 14.7. The molecule has 0 aromatic carbocycles. The molecule has 2 amide bonds. The molecule has 6 nitrogen and oxygen atoms in total. The molecule has 1 N–H and O–H groups in total. The highest BCUT2D eigenvalue weighted by Gasteiger charge is 2.17. The lowest BCUT2D eigenvalue weighted by molar-refractivity contribution is -0.134. The quantitative estimate of drug-likeness (QED) is 0.328. The lowest BCUT2D eigenvalue weighted by Gasteiger charge is -2.22. The van der Waals surface area contributed by atoms with Crippen LogP contribution in [0.3, 0.4) is 0 Å². The smallest absolute Gasteiger partial charge is 0.245 e. The summed E-state index contributed by atoms with van der Waals surface area (Å²) >= 11 is 0. The van der Waals surface area contributed by atoms with Crippen LogP contribution in [0.5, 0.6) is 0 Å². The van der Waals surface area contributed by atoms with Gasteiger partial charge in [-0.2, -0.15) is 0 Å². The van der Waals surface area contributed by atoms with Gasteiger partial charge in [-0.3, -0.25) is 9.59 Å². The van der Waals surface area contributed by atoms with Crippen molar-refractivity contribution in [2.24, 2.45) is 0 Å². The number of carbonyl (C=O) groups excluding carboxylic acids is 2. The van der Waals surface area contributed by atoms with Gasteiger partial charge >= 0.3 is 0 Å². The number of aryl methyl sites for hydroxylation is 1. The molecule has 0 unspecified atom stereocenters. The van der Waals surface area contributed by atoms with E-state index < -0.39 is 0 Å². The van der Waals surface area contributed by atoms with E-state index in [2.05, 4.69) is 24.3 Å². The standard InChI is InChI=1S/C23H41N3O3/c1-4-6-8-9-10-11-12-13-14-16-23(28)26(17-15-7-5-2)19-22(27)24-21-18-20(3)29-25-21/h18H,4-17,19H2,1-3H3,(H,24,25,27). The second-order valence-electron chi connectivity index (χ2n) is 7.97. The number of nitrogens with zero attached hydrogens (tertiary/aromatic N) is 2. The summed E-state index contributed by atoms with van der Waals surface area (Å²) in [4.78, 5) is 26.7. The van der Waals surface area contributed by atoms with Crippen LogP contribution in [-0.2, 0) is 9.59 Å². The average Bonchev–Trinajstić information content (AvgIpc) is 3.10. The largest absolute Gasteiger partial charge is 0.360 e. The number of hydrogen-bond donors (Lipinski definition) is 1. The maximum absolute atomic E-state index is 12.6. The second kappa shape index (κ2) is 16.0. The number of hydrogen-bond acceptors (Lipinski definition) is 4. The number of nitrogens with one attached hydrogen (secondary N) is 1. The monoisotopic (exact) mass is 407 g/mol. The maximum Gasteiger partial charge on any atom is 0.245 e. The van der Waals surface area contributed by atoms with Crippen LogP contribution in [0.2, 0.25) is 0 Å². The Morgan fingerprint density at radius 3 is 2.10 bits per heavy atom. The molecule has 0 aliphatic heterocycles. The Bertz CT molecular complexity index is 571. The van der Waals surface area contributed by atoms with E-state index in [-0.39, 0.29) is 18.4 Å². The van der Waals surface area contributed by atoms with Crippen molar-refractivity contribution in [3.8, 4) is 0 Å². The molecule has 1 aromatic rings. The molecule has 0 radical (unpaired) electrons. The van der Waals surface area contributed by atoms with Crippen LogP contribution in [0, 0.1) is 6.92 Å². The number of aromatic nitrogens is 1. The van der Waals surface area contributed by atoms with Crippen molar-refractivity contribution < 1.29 is 14.1 Å². The van der Waals surface area contributed by atoms with Crippen LogP contribution in [0.15, 0.2) is 10.6 Å². The first-order valence-corrected chi connectivity index (χ1v) is 11.6. The summed E-state index contributed by atoms with van der Waals surface area (Å²) in [5.41, 5.74) is 0. The molecule has 0 aliphatic carbocycles.